The number of benzene rings is 2. The third-order valence-corrected chi connectivity index (χ3v) is 4.84. The number of anilines is 2. The van der Waals surface area contributed by atoms with Gasteiger partial charge in [-0.25, -0.2) is 0 Å². The molecule has 0 saturated carbocycles. The molecular formula is C23H21N3O2. The molecule has 0 radical (unpaired) electrons. The van der Waals surface area contributed by atoms with E-state index in [9.17, 15) is 9.59 Å². The SMILES string of the molecule is O=C(Cc1ccccc1)Nc1ccc2c(c1)CCCN2C(=O)c1cccnc1. The zero-order chi connectivity index (χ0) is 19.3. The van der Waals surface area contributed by atoms with Gasteiger partial charge in [-0.1, -0.05) is 30.3 Å². The topological polar surface area (TPSA) is 62.3 Å². The lowest BCUT2D eigenvalue weighted by Crippen LogP contribution is -2.35. The number of hydrogen-bond acceptors (Lipinski definition) is 3. The fraction of sp³-hybridized carbons (Fsp3) is 0.174. The van der Waals surface area contributed by atoms with Crippen LogP contribution < -0.4 is 10.2 Å². The van der Waals surface area contributed by atoms with Crippen molar-refractivity contribution in [3.05, 3.63) is 89.7 Å². The summed E-state index contributed by atoms with van der Waals surface area (Å²) in [7, 11) is 0. The van der Waals surface area contributed by atoms with Gasteiger partial charge in [0.2, 0.25) is 5.91 Å². The average molecular weight is 371 g/mol. The Morgan fingerprint density at radius 2 is 1.89 bits per heavy atom. The largest absolute Gasteiger partial charge is 0.326 e. The fourth-order valence-electron chi connectivity index (χ4n) is 3.52. The molecule has 1 aliphatic heterocycles. The molecule has 0 fully saturated rings. The molecule has 0 saturated heterocycles. The van der Waals surface area contributed by atoms with E-state index in [4.69, 9.17) is 0 Å². The van der Waals surface area contributed by atoms with Gasteiger partial charge in [0.15, 0.2) is 0 Å². The lowest BCUT2D eigenvalue weighted by atomic mass is 10.00. The molecule has 5 nitrogen and oxygen atoms in total. The summed E-state index contributed by atoms with van der Waals surface area (Å²) in [5.74, 6) is -0.0971. The molecule has 0 bridgehead atoms. The van der Waals surface area contributed by atoms with Crippen LogP contribution in [-0.2, 0) is 17.6 Å². The normalized spacial score (nSPS) is 12.9. The minimum absolute atomic E-state index is 0.0464. The molecule has 1 N–H and O–H groups in total. The Hall–Kier alpha value is -3.47. The van der Waals surface area contributed by atoms with Crippen LogP contribution in [0.2, 0.25) is 0 Å². The highest BCUT2D eigenvalue weighted by Crippen LogP contribution is 2.30. The third kappa shape index (κ3) is 3.93. The van der Waals surface area contributed by atoms with Crippen molar-refractivity contribution in [3.63, 3.8) is 0 Å². The van der Waals surface area contributed by atoms with Crippen molar-refractivity contribution >= 4 is 23.2 Å². The highest BCUT2D eigenvalue weighted by Gasteiger charge is 2.24. The summed E-state index contributed by atoms with van der Waals surface area (Å²) in [5, 5.41) is 2.96. The lowest BCUT2D eigenvalue weighted by Gasteiger charge is -2.30. The second-order valence-electron chi connectivity index (χ2n) is 6.86. The van der Waals surface area contributed by atoms with Crippen LogP contribution >= 0.6 is 0 Å². The van der Waals surface area contributed by atoms with Gasteiger partial charge in [-0.2, -0.15) is 0 Å². The standard InChI is InChI=1S/C23H21N3O2/c27-22(14-17-6-2-1-3-7-17)25-20-10-11-21-18(15-20)9-5-13-26(21)23(28)19-8-4-12-24-16-19/h1-4,6-8,10-12,15-16H,5,9,13-14H2,(H,25,27). The summed E-state index contributed by atoms with van der Waals surface area (Å²) in [6.45, 7) is 0.681. The van der Waals surface area contributed by atoms with E-state index in [-0.39, 0.29) is 11.8 Å². The van der Waals surface area contributed by atoms with E-state index >= 15 is 0 Å². The van der Waals surface area contributed by atoms with E-state index < -0.39 is 0 Å². The first-order valence-corrected chi connectivity index (χ1v) is 9.39. The third-order valence-electron chi connectivity index (χ3n) is 4.84. The van der Waals surface area contributed by atoms with Gasteiger partial charge in [0.1, 0.15) is 0 Å². The number of nitrogens with one attached hydrogen (secondary N) is 1. The Bertz CT molecular complexity index is 987. The van der Waals surface area contributed by atoms with E-state index in [1.54, 1.807) is 29.4 Å². The zero-order valence-electron chi connectivity index (χ0n) is 15.5. The summed E-state index contributed by atoms with van der Waals surface area (Å²) >= 11 is 0. The van der Waals surface area contributed by atoms with Gasteiger partial charge in [-0.3, -0.25) is 14.6 Å². The maximum atomic E-state index is 12.8. The van der Waals surface area contributed by atoms with E-state index in [0.29, 0.717) is 18.5 Å². The molecule has 140 valence electrons. The Kier molecular flexibility index (Phi) is 5.15. The number of aryl methyl sites for hydroxylation is 1. The molecule has 1 aliphatic rings. The van der Waals surface area contributed by atoms with Crippen molar-refractivity contribution in [2.45, 2.75) is 19.3 Å². The Morgan fingerprint density at radius 1 is 1.04 bits per heavy atom. The first-order chi connectivity index (χ1) is 13.7. The van der Waals surface area contributed by atoms with E-state index in [0.717, 1.165) is 35.3 Å². The summed E-state index contributed by atoms with van der Waals surface area (Å²) < 4.78 is 0. The zero-order valence-corrected chi connectivity index (χ0v) is 15.5. The van der Waals surface area contributed by atoms with Gasteiger partial charge >= 0.3 is 0 Å². The van der Waals surface area contributed by atoms with Gasteiger partial charge in [0.05, 0.1) is 12.0 Å². The fourth-order valence-corrected chi connectivity index (χ4v) is 3.52. The van der Waals surface area contributed by atoms with Crippen LogP contribution in [0, 0.1) is 0 Å². The predicted octanol–water partition coefficient (Wildman–Crippen LogP) is 3.86. The van der Waals surface area contributed by atoms with E-state index in [1.165, 1.54) is 0 Å². The highest BCUT2D eigenvalue weighted by atomic mass is 16.2. The summed E-state index contributed by atoms with van der Waals surface area (Å²) in [4.78, 5) is 31.0. The Balaban J connectivity index is 1.50. The summed E-state index contributed by atoms with van der Waals surface area (Å²) in [6.07, 6.45) is 5.36. The molecule has 0 aliphatic carbocycles. The Morgan fingerprint density at radius 3 is 2.68 bits per heavy atom. The van der Waals surface area contributed by atoms with Crippen LogP contribution in [-0.4, -0.2) is 23.3 Å². The number of pyridine rings is 1. The molecule has 3 aromatic rings. The molecule has 2 heterocycles. The second kappa shape index (κ2) is 8.05. The molecule has 2 amide bonds. The number of amides is 2. The van der Waals surface area contributed by atoms with Crippen molar-refractivity contribution in [2.75, 3.05) is 16.8 Å². The summed E-state index contributed by atoms with van der Waals surface area (Å²) in [6, 6.07) is 19.0. The molecular weight excluding hydrogens is 350 g/mol. The van der Waals surface area contributed by atoms with Crippen LogP contribution in [0.3, 0.4) is 0 Å². The van der Waals surface area contributed by atoms with E-state index in [2.05, 4.69) is 10.3 Å². The molecule has 2 aromatic carbocycles. The minimum atomic E-state index is -0.0507. The molecule has 0 atom stereocenters. The summed E-state index contributed by atoms with van der Waals surface area (Å²) in [5.41, 5.74) is 4.29. The maximum Gasteiger partial charge on any atom is 0.259 e. The molecule has 0 unspecified atom stereocenters. The first-order valence-electron chi connectivity index (χ1n) is 9.39. The molecule has 1 aromatic heterocycles. The van der Waals surface area contributed by atoms with Crippen molar-refractivity contribution in [1.29, 1.82) is 0 Å². The van der Waals surface area contributed by atoms with Crippen LogP contribution in [0.5, 0.6) is 0 Å². The number of hydrogen-bond donors (Lipinski definition) is 1. The smallest absolute Gasteiger partial charge is 0.259 e. The number of carbonyl (C=O) groups is 2. The van der Waals surface area contributed by atoms with Crippen LogP contribution in [0.1, 0.15) is 27.9 Å². The average Bonchev–Trinajstić information content (AvgIpc) is 2.74. The number of aromatic nitrogens is 1. The van der Waals surface area contributed by atoms with Crippen molar-refractivity contribution in [1.82, 2.24) is 4.98 Å². The minimum Gasteiger partial charge on any atom is -0.326 e. The van der Waals surface area contributed by atoms with Gasteiger partial charge in [-0.15, -0.1) is 0 Å². The quantitative estimate of drug-likeness (QED) is 0.758. The number of nitrogens with zero attached hydrogens (tertiary/aromatic N) is 2. The number of fused-ring (bicyclic) bond motifs is 1. The van der Waals surface area contributed by atoms with Crippen LogP contribution in [0.4, 0.5) is 11.4 Å². The van der Waals surface area contributed by atoms with Crippen LogP contribution in [0.15, 0.2) is 73.1 Å². The van der Waals surface area contributed by atoms with Gasteiger partial charge in [0, 0.05) is 30.3 Å². The van der Waals surface area contributed by atoms with Crippen molar-refractivity contribution < 1.29 is 9.59 Å². The number of carbonyl (C=O) groups excluding carboxylic acids is 2. The first kappa shape index (κ1) is 17.9. The molecule has 0 spiro atoms. The van der Waals surface area contributed by atoms with Crippen LogP contribution in [0.25, 0.3) is 0 Å². The van der Waals surface area contributed by atoms with Crippen molar-refractivity contribution in [2.24, 2.45) is 0 Å². The lowest BCUT2D eigenvalue weighted by molar-refractivity contribution is -0.115. The second-order valence-corrected chi connectivity index (χ2v) is 6.86. The number of rotatable bonds is 4. The maximum absolute atomic E-state index is 12.8. The van der Waals surface area contributed by atoms with Gasteiger partial charge < -0.3 is 10.2 Å². The monoisotopic (exact) mass is 371 g/mol. The molecule has 28 heavy (non-hydrogen) atoms. The Labute approximate surface area is 164 Å². The predicted molar refractivity (Wildman–Crippen MR) is 109 cm³/mol. The van der Waals surface area contributed by atoms with E-state index in [1.807, 2.05) is 48.5 Å². The highest BCUT2D eigenvalue weighted by molar-refractivity contribution is 6.06. The molecule has 5 heteroatoms. The van der Waals surface area contributed by atoms with Gasteiger partial charge in [-0.05, 0) is 54.3 Å². The molecule has 4 rings (SSSR count). The van der Waals surface area contributed by atoms with Gasteiger partial charge in [0.25, 0.3) is 5.91 Å². The van der Waals surface area contributed by atoms with Crippen molar-refractivity contribution in [3.8, 4) is 0 Å².